The molecule has 0 heterocycles. The van der Waals surface area contributed by atoms with Crippen molar-refractivity contribution in [3.63, 3.8) is 0 Å². The van der Waals surface area contributed by atoms with Gasteiger partial charge in [-0.2, -0.15) is 0 Å². The molecule has 15 heavy (non-hydrogen) atoms. The Labute approximate surface area is 91.3 Å². The van der Waals surface area contributed by atoms with Crippen LogP contribution in [0.5, 0.6) is 5.75 Å². The first-order chi connectivity index (χ1) is 7.33. The van der Waals surface area contributed by atoms with Crippen LogP contribution in [-0.2, 0) is 6.54 Å². The van der Waals surface area contributed by atoms with E-state index in [1.165, 1.54) is 0 Å². The van der Waals surface area contributed by atoms with E-state index in [0.717, 1.165) is 37.9 Å². The maximum Gasteiger partial charge on any atom is 0.115 e. The number of hydrogen-bond acceptors (Lipinski definition) is 2. The molecule has 0 radical (unpaired) electrons. The lowest BCUT2D eigenvalue weighted by atomic mass is 10.2. The van der Waals surface area contributed by atoms with Gasteiger partial charge in [0, 0.05) is 13.0 Å². The Morgan fingerprint density at radius 1 is 1.33 bits per heavy atom. The van der Waals surface area contributed by atoms with E-state index in [9.17, 15) is 5.11 Å². The summed E-state index contributed by atoms with van der Waals surface area (Å²) in [5.74, 6) is 2.94. The Kier molecular flexibility index (Phi) is 5.35. The molecule has 2 N–H and O–H groups in total. The normalized spacial score (nSPS) is 9.80. The fraction of sp³-hybridized carbons (Fsp3) is 0.385. The molecule has 0 aliphatic rings. The molecule has 0 amide bonds. The Morgan fingerprint density at radius 2 is 2.20 bits per heavy atom. The quantitative estimate of drug-likeness (QED) is 0.549. The zero-order valence-corrected chi connectivity index (χ0v) is 8.87. The van der Waals surface area contributed by atoms with Gasteiger partial charge in [-0.3, -0.25) is 0 Å². The van der Waals surface area contributed by atoms with E-state index in [0.29, 0.717) is 5.75 Å². The highest BCUT2D eigenvalue weighted by molar-refractivity contribution is 5.26. The molecule has 1 aromatic carbocycles. The maximum atomic E-state index is 9.24. The molecule has 80 valence electrons. The Morgan fingerprint density at radius 3 is 2.93 bits per heavy atom. The van der Waals surface area contributed by atoms with Gasteiger partial charge in [0.25, 0.3) is 0 Å². The van der Waals surface area contributed by atoms with Crippen molar-refractivity contribution in [2.45, 2.75) is 25.8 Å². The smallest absolute Gasteiger partial charge is 0.115 e. The third kappa shape index (κ3) is 5.09. The minimum atomic E-state index is 0.321. The number of phenols is 1. The topological polar surface area (TPSA) is 32.3 Å². The van der Waals surface area contributed by atoms with Gasteiger partial charge in [-0.25, -0.2) is 0 Å². The molecule has 0 unspecified atom stereocenters. The molecular formula is C13H17NO. The summed E-state index contributed by atoms with van der Waals surface area (Å²) in [5.41, 5.74) is 1.10. The summed E-state index contributed by atoms with van der Waals surface area (Å²) in [6.07, 6.45) is 8.18. The summed E-state index contributed by atoms with van der Waals surface area (Å²) in [6, 6.07) is 7.30. The van der Waals surface area contributed by atoms with Gasteiger partial charge < -0.3 is 10.4 Å². The number of rotatable bonds is 6. The molecule has 0 spiro atoms. The molecule has 0 atom stereocenters. The van der Waals surface area contributed by atoms with Gasteiger partial charge in [-0.05, 0) is 37.1 Å². The largest absolute Gasteiger partial charge is 0.508 e. The zero-order valence-electron chi connectivity index (χ0n) is 8.87. The second-order valence-electron chi connectivity index (χ2n) is 3.51. The molecule has 0 fully saturated rings. The van der Waals surface area contributed by atoms with Gasteiger partial charge in [0.2, 0.25) is 0 Å². The number of hydrogen-bond donors (Lipinski definition) is 2. The van der Waals surface area contributed by atoms with E-state index in [4.69, 9.17) is 6.42 Å². The fourth-order valence-corrected chi connectivity index (χ4v) is 1.38. The van der Waals surface area contributed by atoms with Crippen molar-refractivity contribution in [3.8, 4) is 18.1 Å². The molecular weight excluding hydrogens is 186 g/mol. The summed E-state index contributed by atoms with van der Waals surface area (Å²) < 4.78 is 0. The second-order valence-corrected chi connectivity index (χ2v) is 3.51. The molecule has 1 aromatic rings. The summed E-state index contributed by atoms with van der Waals surface area (Å²) in [5, 5.41) is 12.5. The van der Waals surface area contributed by atoms with E-state index < -0.39 is 0 Å². The number of benzene rings is 1. The van der Waals surface area contributed by atoms with Crippen LogP contribution in [0.4, 0.5) is 0 Å². The predicted octanol–water partition coefficient (Wildman–Crippen LogP) is 2.29. The van der Waals surface area contributed by atoms with Crippen molar-refractivity contribution in [1.82, 2.24) is 5.32 Å². The van der Waals surface area contributed by atoms with Gasteiger partial charge in [-0.1, -0.05) is 12.1 Å². The van der Waals surface area contributed by atoms with Crippen LogP contribution >= 0.6 is 0 Å². The molecule has 0 aliphatic heterocycles. The van der Waals surface area contributed by atoms with E-state index >= 15 is 0 Å². The van der Waals surface area contributed by atoms with Gasteiger partial charge in [0.1, 0.15) is 5.75 Å². The number of unbranched alkanes of at least 4 members (excludes halogenated alkanes) is 2. The number of terminal acetylenes is 1. The van der Waals surface area contributed by atoms with Gasteiger partial charge in [0.05, 0.1) is 0 Å². The zero-order chi connectivity index (χ0) is 10.9. The molecule has 2 nitrogen and oxygen atoms in total. The lowest BCUT2D eigenvalue weighted by Crippen LogP contribution is -2.14. The Bertz CT molecular complexity index is 328. The monoisotopic (exact) mass is 203 g/mol. The first-order valence-corrected chi connectivity index (χ1v) is 5.25. The average molecular weight is 203 g/mol. The molecule has 0 saturated heterocycles. The van der Waals surface area contributed by atoms with E-state index in [1.807, 2.05) is 12.1 Å². The number of nitrogens with one attached hydrogen (secondary N) is 1. The van der Waals surface area contributed by atoms with Crippen LogP contribution in [0.3, 0.4) is 0 Å². The molecule has 0 bridgehead atoms. The van der Waals surface area contributed by atoms with E-state index in [1.54, 1.807) is 12.1 Å². The third-order valence-electron chi connectivity index (χ3n) is 2.16. The van der Waals surface area contributed by atoms with Crippen LogP contribution in [0.1, 0.15) is 24.8 Å². The first-order valence-electron chi connectivity index (χ1n) is 5.25. The van der Waals surface area contributed by atoms with Crippen molar-refractivity contribution in [3.05, 3.63) is 29.8 Å². The van der Waals surface area contributed by atoms with Crippen LogP contribution in [0, 0.1) is 12.3 Å². The van der Waals surface area contributed by atoms with Crippen molar-refractivity contribution in [2.75, 3.05) is 6.54 Å². The molecule has 1 rings (SSSR count). The number of phenolic OH excluding ortho intramolecular Hbond substituents is 1. The first kappa shape index (κ1) is 11.6. The molecule has 0 aromatic heterocycles. The highest BCUT2D eigenvalue weighted by Crippen LogP contribution is 2.10. The molecule has 0 saturated carbocycles. The van der Waals surface area contributed by atoms with Crippen molar-refractivity contribution in [1.29, 1.82) is 0 Å². The van der Waals surface area contributed by atoms with Crippen LogP contribution in [0.25, 0.3) is 0 Å². The summed E-state index contributed by atoms with van der Waals surface area (Å²) in [7, 11) is 0. The predicted molar refractivity (Wildman–Crippen MR) is 62.5 cm³/mol. The summed E-state index contributed by atoms with van der Waals surface area (Å²) in [4.78, 5) is 0. The average Bonchev–Trinajstić information content (AvgIpc) is 2.23. The van der Waals surface area contributed by atoms with E-state index in [2.05, 4.69) is 11.2 Å². The SMILES string of the molecule is C#CCCCCNCc1cccc(O)c1. The second kappa shape index (κ2) is 6.92. The fourth-order valence-electron chi connectivity index (χ4n) is 1.38. The van der Waals surface area contributed by atoms with Crippen LogP contribution in [0.15, 0.2) is 24.3 Å². The number of aromatic hydroxyl groups is 1. The van der Waals surface area contributed by atoms with Crippen molar-refractivity contribution in [2.24, 2.45) is 0 Å². The van der Waals surface area contributed by atoms with Crippen LogP contribution in [0.2, 0.25) is 0 Å². The minimum Gasteiger partial charge on any atom is -0.508 e. The van der Waals surface area contributed by atoms with Gasteiger partial charge in [-0.15, -0.1) is 12.3 Å². The highest BCUT2D eigenvalue weighted by atomic mass is 16.3. The lowest BCUT2D eigenvalue weighted by Gasteiger charge is -2.04. The summed E-state index contributed by atoms with van der Waals surface area (Å²) >= 11 is 0. The lowest BCUT2D eigenvalue weighted by molar-refractivity contribution is 0.474. The summed E-state index contributed by atoms with van der Waals surface area (Å²) in [6.45, 7) is 1.77. The van der Waals surface area contributed by atoms with Crippen LogP contribution < -0.4 is 5.32 Å². The Balaban J connectivity index is 2.13. The third-order valence-corrected chi connectivity index (χ3v) is 2.16. The molecule has 0 aliphatic carbocycles. The highest BCUT2D eigenvalue weighted by Gasteiger charge is 1.93. The van der Waals surface area contributed by atoms with E-state index in [-0.39, 0.29) is 0 Å². The van der Waals surface area contributed by atoms with Crippen molar-refractivity contribution >= 4 is 0 Å². The van der Waals surface area contributed by atoms with Crippen LogP contribution in [-0.4, -0.2) is 11.7 Å². The van der Waals surface area contributed by atoms with Gasteiger partial charge in [0.15, 0.2) is 0 Å². The van der Waals surface area contributed by atoms with Crippen molar-refractivity contribution < 1.29 is 5.11 Å². The van der Waals surface area contributed by atoms with Gasteiger partial charge >= 0.3 is 0 Å². The standard InChI is InChI=1S/C13H17NO/c1-2-3-4-5-9-14-11-12-7-6-8-13(15)10-12/h1,6-8,10,14-15H,3-5,9,11H2. The molecule has 2 heteroatoms. The minimum absolute atomic E-state index is 0.321. The maximum absolute atomic E-state index is 9.24. The Hall–Kier alpha value is -1.46.